The number of aromatic amines is 1. The van der Waals surface area contributed by atoms with Crippen LogP contribution in [0.4, 0.5) is 10.6 Å². The first-order valence-corrected chi connectivity index (χ1v) is 8.86. The Balaban J connectivity index is 1.48. The molecule has 4 rings (SSSR count). The number of likely N-dealkylation sites (tertiary alicyclic amines) is 1. The van der Waals surface area contributed by atoms with Gasteiger partial charge in [-0.15, -0.1) is 0 Å². The van der Waals surface area contributed by atoms with Crippen LogP contribution < -0.4 is 11.4 Å². The molecule has 0 atom stereocenters. The maximum atomic E-state index is 12.4. The molecular weight excluding hydrogens is 336 g/mol. The number of anilines is 1. The van der Waals surface area contributed by atoms with Crippen LogP contribution in [-0.2, 0) is 4.74 Å². The van der Waals surface area contributed by atoms with Gasteiger partial charge in [0, 0.05) is 19.1 Å². The van der Waals surface area contributed by atoms with Gasteiger partial charge in [0.05, 0.1) is 0 Å². The summed E-state index contributed by atoms with van der Waals surface area (Å²) in [6.07, 6.45) is 3.71. The van der Waals surface area contributed by atoms with E-state index in [1.807, 2.05) is 20.8 Å². The highest BCUT2D eigenvalue weighted by atomic mass is 16.6. The Kier molecular flexibility index (Phi) is 3.54. The van der Waals surface area contributed by atoms with Crippen LogP contribution in [0.3, 0.4) is 0 Å². The molecule has 0 bridgehead atoms. The van der Waals surface area contributed by atoms with Crippen molar-refractivity contribution in [3.63, 3.8) is 0 Å². The predicted molar refractivity (Wildman–Crippen MR) is 95.7 cm³/mol. The minimum absolute atomic E-state index is 0.0587. The molecule has 1 spiro atoms. The van der Waals surface area contributed by atoms with Crippen molar-refractivity contribution < 1.29 is 9.53 Å². The Hall–Kier alpha value is -2.58. The summed E-state index contributed by atoms with van der Waals surface area (Å²) in [4.78, 5) is 37.3. The Labute approximate surface area is 150 Å². The molecule has 26 heavy (non-hydrogen) atoms. The zero-order valence-electron chi connectivity index (χ0n) is 15.3. The summed E-state index contributed by atoms with van der Waals surface area (Å²) in [7, 11) is 0. The van der Waals surface area contributed by atoms with E-state index in [4.69, 9.17) is 10.5 Å². The Bertz CT molecular complexity index is 919. The molecule has 2 aliphatic rings. The van der Waals surface area contributed by atoms with Gasteiger partial charge in [-0.1, -0.05) is 0 Å². The molecule has 3 N–H and O–H groups in total. The number of hydrogen-bond acceptors (Lipinski definition) is 6. The van der Waals surface area contributed by atoms with Crippen LogP contribution >= 0.6 is 0 Å². The normalized spacial score (nSPS) is 25.7. The summed E-state index contributed by atoms with van der Waals surface area (Å²) in [6, 6.07) is 0.0594. The van der Waals surface area contributed by atoms with E-state index in [2.05, 4.69) is 15.0 Å². The number of fused-ring (bicyclic) bond motifs is 1. The Morgan fingerprint density at radius 2 is 2.12 bits per heavy atom. The summed E-state index contributed by atoms with van der Waals surface area (Å²) in [5.41, 5.74) is 6.21. The number of nitrogens with two attached hydrogens (primary N) is 1. The number of imidazole rings is 1. The van der Waals surface area contributed by atoms with Gasteiger partial charge < -0.3 is 20.4 Å². The number of carbonyl (C=O) groups excluding carboxylic acids is 1. The van der Waals surface area contributed by atoms with Crippen LogP contribution in [0.25, 0.3) is 11.2 Å². The van der Waals surface area contributed by atoms with Crippen molar-refractivity contribution in [2.45, 2.75) is 51.7 Å². The molecule has 140 valence electrons. The number of carbonyl (C=O) groups is 1. The minimum Gasteiger partial charge on any atom is -0.444 e. The summed E-state index contributed by atoms with van der Waals surface area (Å²) in [5, 5.41) is 0. The summed E-state index contributed by atoms with van der Waals surface area (Å²) in [5.74, 6) is 0.275. The van der Waals surface area contributed by atoms with Gasteiger partial charge in [0.2, 0.25) is 0 Å². The van der Waals surface area contributed by atoms with E-state index in [1.54, 1.807) is 9.47 Å². The molecule has 9 heteroatoms. The molecule has 2 fully saturated rings. The van der Waals surface area contributed by atoms with E-state index in [0.717, 1.165) is 19.3 Å². The number of amides is 1. The van der Waals surface area contributed by atoms with E-state index in [1.165, 1.54) is 6.33 Å². The first kappa shape index (κ1) is 16.9. The number of nitrogen functional groups attached to an aromatic ring is 1. The number of rotatable bonds is 1. The zero-order valence-corrected chi connectivity index (χ0v) is 15.3. The van der Waals surface area contributed by atoms with Crippen molar-refractivity contribution in [3.05, 3.63) is 16.8 Å². The number of nitrogens with one attached hydrogen (secondary N) is 1. The fourth-order valence-electron chi connectivity index (χ4n) is 4.17. The highest BCUT2D eigenvalue weighted by molar-refractivity contribution is 5.81. The summed E-state index contributed by atoms with van der Waals surface area (Å²) in [6.45, 7) is 6.97. The average Bonchev–Trinajstić information content (AvgIpc) is 3.06. The van der Waals surface area contributed by atoms with Crippen LogP contribution in [-0.4, -0.2) is 49.2 Å². The van der Waals surface area contributed by atoms with Gasteiger partial charge in [0.25, 0.3) is 0 Å². The average molecular weight is 360 g/mol. The van der Waals surface area contributed by atoms with Gasteiger partial charge in [-0.2, -0.15) is 0 Å². The van der Waals surface area contributed by atoms with Crippen molar-refractivity contribution in [3.8, 4) is 0 Å². The number of nitrogens with zero attached hydrogens (tertiary/aromatic N) is 4. The van der Waals surface area contributed by atoms with Gasteiger partial charge in [-0.05, 0) is 45.4 Å². The number of H-pyrrole nitrogens is 1. The zero-order chi connectivity index (χ0) is 18.7. The van der Waals surface area contributed by atoms with Crippen LogP contribution in [0.2, 0.25) is 0 Å². The van der Waals surface area contributed by atoms with E-state index in [0.29, 0.717) is 24.3 Å². The second kappa shape index (κ2) is 5.46. The third kappa shape index (κ3) is 2.71. The second-order valence-electron chi connectivity index (χ2n) is 8.47. The van der Waals surface area contributed by atoms with E-state index < -0.39 is 5.60 Å². The molecule has 1 saturated heterocycles. The van der Waals surface area contributed by atoms with Crippen molar-refractivity contribution >= 4 is 23.1 Å². The van der Waals surface area contributed by atoms with Crippen LogP contribution in [0.15, 0.2) is 11.1 Å². The maximum absolute atomic E-state index is 12.4. The number of ether oxygens (including phenoxy) is 1. The third-order valence-electron chi connectivity index (χ3n) is 5.33. The van der Waals surface area contributed by atoms with Crippen LogP contribution in [0, 0.1) is 5.41 Å². The van der Waals surface area contributed by atoms with Gasteiger partial charge in [0.1, 0.15) is 17.4 Å². The van der Waals surface area contributed by atoms with Crippen molar-refractivity contribution in [1.82, 2.24) is 24.4 Å². The topological polar surface area (TPSA) is 119 Å². The lowest BCUT2D eigenvalue weighted by atomic mass is 9.65. The molecule has 1 amide bonds. The highest BCUT2D eigenvalue weighted by Gasteiger charge is 2.51. The maximum Gasteiger partial charge on any atom is 0.410 e. The number of aromatic nitrogens is 4. The molecular formula is C17H24N6O3. The lowest BCUT2D eigenvalue weighted by Crippen LogP contribution is -2.44. The second-order valence-corrected chi connectivity index (χ2v) is 8.47. The molecule has 2 aromatic rings. The molecule has 1 aliphatic heterocycles. The van der Waals surface area contributed by atoms with E-state index in [9.17, 15) is 9.59 Å². The Morgan fingerprint density at radius 1 is 1.38 bits per heavy atom. The van der Waals surface area contributed by atoms with Gasteiger partial charge in [0.15, 0.2) is 11.5 Å². The molecule has 3 heterocycles. The fourth-order valence-corrected chi connectivity index (χ4v) is 4.17. The predicted octanol–water partition coefficient (Wildman–Crippen LogP) is 1.66. The molecule has 0 unspecified atom stereocenters. The summed E-state index contributed by atoms with van der Waals surface area (Å²) >= 11 is 0. The highest BCUT2D eigenvalue weighted by Crippen LogP contribution is 2.54. The van der Waals surface area contributed by atoms with E-state index >= 15 is 0 Å². The molecule has 0 aromatic carbocycles. The summed E-state index contributed by atoms with van der Waals surface area (Å²) < 4.78 is 7.14. The van der Waals surface area contributed by atoms with Gasteiger partial charge >= 0.3 is 11.8 Å². The molecule has 0 radical (unpaired) electrons. The third-order valence-corrected chi connectivity index (χ3v) is 5.33. The number of hydrogen-bond donors (Lipinski definition) is 2. The molecule has 1 aliphatic carbocycles. The SMILES string of the molecule is CC(C)(C)OC(=O)N1CCC2(CC(n3c(=O)[nH]c4c(N)ncnc43)C2)C1. The van der Waals surface area contributed by atoms with Gasteiger partial charge in [-0.25, -0.2) is 19.6 Å². The lowest BCUT2D eigenvalue weighted by Gasteiger charge is -2.45. The van der Waals surface area contributed by atoms with Crippen molar-refractivity contribution in [2.75, 3.05) is 18.8 Å². The van der Waals surface area contributed by atoms with Crippen molar-refractivity contribution in [1.29, 1.82) is 0 Å². The first-order valence-electron chi connectivity index (χ1n) is 8.86. The standard InChI is InChI=1S/C17H24N6O3/c1-16(2,3)26-15(25)22-5-4-17(8-22)6-10(7-17)23-13-11(21-14(23)24)12(18)19-9-20-13/h9-10H,4-8H2,1-3H3,(H,21,24)(H2,18,19,20). The van der Waals surface area contributed by atoms with Crippen molar-refractivity contribution in [2.24, 2.45) is 5.41 Å². The molecule has 2 aromatic heterocycles. The van der Waals surface area contributed by atoms with Gasteiger partial charge in [-0.3, -0.25) is 4.57 Å². The quantitative estimate of drug-likeness (QED) is 0.798. The van der Waals surface area contributed by atoms with Crippen LogP contribution in [0.5, 0.6) is 0 Å². The van der Waals surface area contributed by atoms with Crippen LogP contribution in [0.1, 0.15) is 46.1 Å². The smallest absolute Gasteiger partial charge is 0.410 e. The molecule has 9 nitrogen and oxygen atoms in total. The Morgan fingerprint density at radius 3 is 2.81 bits per heavy atom. The first-order chi connectivity index (χ1) is 12.2. The lowest BCUT2D eigenvalue weighted by molar-refractivity contribution is 0.0196. The molecule has 1 saturated carbocycles. The fraction of sp³-hybridized carbons (Fsp3) is 0.647. The minimum atomic E-state index is -0.494. The monoisotopic (exact) mass is 360 g/mol. The largest absolute Gasteiger partial charge is 0.444 e. The van der Waals surface area contributed by atoms with E-state index in [-0.39, 0.29) is 29.1 Å².